The Morgan fingerprint density at radius 1 is 1.38 bits per heavy atom. The maximum absolute atomic E-state index is 12.1. The summed E-state index contributed by atoms with van der Waals surface area (Å²) in [6.45, 7) is 1.41. The highest BCUT2D eigenvalue weighted by atomic mass is 35.5. The number of anilines is 1. The van der Waals surface area contributed by atoms with Crippen LogP contribution in [0.1, 0.15) is 13.3 Å². The van der Waals surface area contributed by atoms with Crippen LogP contribution in [-0.4, -0.2) is 32.2 Å². The molecule has 2 unspecified atom stereocenters. The van der Waals surface area contributed by atoms with E-state index in [2.05, 4.69) is 5.32 Å². The van der Waals surface area contributed by atoms with Gasteiger partial charge >= 0.3 is 5.97 Å². The molecule has 0 radical (unpaired) electrons. The molecular weight excluding hydrogens is 377 g/mol. The van der Waals surface area contributed by atoms with Gasteiger partial charge in [0.05, 0.1) is 27.9 Å². The molecule has 9 heteroatoms. The number of rotatable bonds is 5. The molecule has 0 saturated carbocycles. The van der Waals surface area contributed by atoms with Crippen LogP contribution < -0.4 is 5.32 Å². The van der Waals surface area contributed by atoms with Crippen LogP contribution in [0.25, 0.3) is 0 Å². The van der Waals surface area contributed by atoms with Gasteiger partial charge in [0, 0.05) is 11.3 Å². The van der Waals surface area contributed by atoms with Gasteiger partial charge in [0.25, 0.3) is 5.91 Å². The molecule has 0 aliphatic carbocycles. The van der Waals surface area contributed by atoms with Gasteiger partial charge in [-0.3, -0.25) is 9.59 Å². The van der Waals surface area contributed by atoms with Crippen LogP contribution in [0.3, 0.4) is 0 Å². The molecule has 0 spiro atoms. The van der Waals surface area contributed by atoms with Crippen molar-refractivity contribution in [3.8, 4) is 0 Å². The highest BCUT2D eigenvalue weighted by molar-refractivity contribution is 7.94. The van der Waals surface area contributed by atoms with Crippen LogP contribution >= 0.6 is 23.2 Å². The van der Waals surface area contributed by atoms with Gasteiger partial charge in [-0.05, 0) is 19.1 Å². The van der Waals surface area contributed by atoms with E-state index in [1.54, 1.807) is 18.2 Å². The Morgan fingerprint density at radius 2 is 2.08 bits per heavy atom. The first-order valence-corrected chi connectivity index (χ1v) is 9.50. The Morgan fingerprint density at radius 3 is 2.71 bits per heavy atom. The first-order valence-electron chi connectivity index (χ1n) is 7.03. The van der Waals surface area contributed by atoms with Crippen molar-refractivity contribution in [2.45, 2.75) is 19.4 Å². The van der Waals surface area contributed by atoms with E-state index < -0.39 is 33.7 Å². The van der Waals surface area contributed by atoms with Crippen molar-refractivity contribution in [3.63, 3.8) is 0 Å². The summed E-state index contributed by atoms with van der Waals surface area (Å²) < 4.78 is 27.6. The van der Waals surface area contributed by atoms with Crippen molar-refractivity contribution in [1.29, 1.82) is 0 Å². The quantitative estimate of drug-likeness (QED) is 0.779. The molecule has 6 nitrogen and oxygen atoms in total. The number of nitrogens with one attached hydrogen (secondary N) is 1. The molecule has 1 aromatic rings. The van der Waals surface area contributed by atoms with E-state index in [4.69, 9.17) is 27.9 Å². The average molecular weight is 392 g/mol. The van der Waals surface area contributed by atoms with Crippen molar-refractivity contribution in [2.24, 2.45) is 5.92 Å². The van der Waals surface area contributed by atoms with Crippen LogP contribution in [-0.2, 0) is 24.2 Å². The Labute approximate surface area is 149 Å². The normalized spacial score (nSPS) is 19.7. The fraction of sp³-hybridized carbons (Fsp3) is 0.333. The predicted octanol–water partition coefficient (Wildman–Crippen LogP) is 2.81. The summed E-state index contributed by atoms with van der Waals surface area (Å²) in [4.78, 5) is 23.9. The van der Waals surface area contributed by atoms with Crippen LogP contribution in [0.2, 0.25) is 10.0 Å². The Hall–Kier alpha value is -1.57. The van der Waals surface area contributed by atoms with E-state index in [0.717, 1.165) is 5.41 Å². The molecule has 130 valence electrons. The van der Waals surface area contributed by atoms with Gasteiger partial charge in [0.15, 0.2) is 15.9 Å². The van der Waals surface area contributed by atoms with Gasteiger partial charge in [-0.25, -0.2) is 8.42 Å². The summed E-state index contributed by atoms with van der Waals surface area (Å²) in [6.07, 6.45) is 0.285. The number of sulfone groups is 1. The zero-order chi connectivity index (χ0) is 17.9. The molecular formula is C15H15Cl2NO5S. The van der Waals surface area contributed by atoms with Crippen LogP contribution in [0.5, 0.6) is 0 Å². The zero-order valence-corrected chi connectivity index (χ0v) is 15.0. The first kappa shape index (κ1) is 18.8. The molecule has 1 amide bonds. The van der Waals surface area contributed by atoms with E-state index in [1.165, 1.54) is 13.0 Å². The van der Waals surface area contributed by atoms with Gasteiger partial charge in [-0.1, -0.05) is 35.3 Å². The van der Waals surface area contributed by atoms with E-state index >= 15 is 0 Å². The van der Waals surface area contributed by atoms with E-state index in [0.29, 0.717) is 5.69 Å². The van der Waals surface area contributed by atoms with E-state index in [-0.39, 0.29) is 22.2 Å². The summed E-state index contributed by atoms with van der Waals surface area (Å²) in [6, 6.07) is 4.76. The summed E-state index contributed by atoms with van der Waals surface area (Å²) in [5.41, 5.74) is 0.307. The molecule has 2 rings (SSSR count). The molecule has 1 heterocycles. The molecule has 1 N–H and O–H groups in total. The molecule has 0 saturated heterocycles. The maximum Gasteiger partial charge on any atom is 0.307 e. The fourth-order valence-electron chi connectivity index (χ4n) is 2.11. The molecule has 1 aliphatic rings. The fourth-order valence-corrected chi connectivity index (χ4v) is 3.86. The molecule has 0 aromatic heterocycles. The van der Waals surface area contributed by atoms with E-state index in [9.17, 15) is 18.0 Å². The lowest BCUT2D eigenvalue weighted by molar-refractivity contribution is -0.153. The number of halogens is 2. The zero-order valence-electron chi connectivity index (χ0n) is 12.7. The Kier molecular flexibility index (Phi) is 5.90. The third-order valence-corrected chi connectivity index (χ3v) is 5.60. The lowest BCUT2D eigenvalue weighted by atomic mass is 10.1. The molecule has 2 atom stereocenters. The Bertz CT molecular complexity index is 791. The number of ether oxygens (including phenoxy) is 1. The second-order valence-electron chi connectivity index (χ2n) is 5.34. The van der Waals surface area contributed by atoms with Gasteiger partial charge in [-0.2, -0.15) is 0 Å². The molecule has 1 aliphatic heterocycles. The predicted molar refractivity (Wildman–Crippen MR) is 91.7 cm³/mol. The van der Waals surface area contributed by atoms with Crippen LogP contribution in [0.15, 0.2) is 29.7 Å². The number of hydrogen-bond acceptors (Lipinski definition) is 5. The highest BCUT2D eigenvalue weighted by Crippen LogP contribution is 2.29. The summed E-state index contributed by atoms with van der Waals surface area (Å²) in [5.74, 6) is -1.77. The lowest BCUT2D eigenvalue weighted by Gasteiger charge is -2.15. The number of hydrogen-bond donors (Lipinski definition) is 1. The number of amides is 1. The molecule has 24 heavy (non-hydrogen) atoms. The number of esters is 1. The van der Waals surface area contributed by atoms with Gasteiger partial charge in [-0.15, -0.1) is 0 Å². The average Bonchev–Trinajstić information content (AvgIpc) is 2.82. The third-order valence-electron chi connectivity index (χ3n) is 3.32. The first-order chi connectivity index (χ1) is 11.2. The number of allylic oxidation sites excluding steroid dienone is 1. The van der Waals surface area contributed by atoms with Crippen LogP contribution in [0.4, 0.5) is 5.69 Å². The van der Waals surface area contributed by atoms with Crippen molar-refractivity contribution in [3.05, 3.63) is 39.7 Å². The second kappa shape index (κ2) is 7.55. The topological polar surface area (TPSA) is 89.5 Å². The minimum atomic E-state index is -3.23. The minimum Gasteiger partial charge on any atom is -0.453 e. The third kappa shape index (κ3) is 4.96. The molecule has 0 bridgehead atoms. The van der Waals surface area contributed by atoms with Crippen molar-refractivity contribution < 1.29 is 22.7 Å². The lowest BCUT2D eigenvalue weighted by Crippen LogP contribution is -2.30. The molecule has 1 aromatic carbocycles. The van der Waals surface area contributed by atoms with Crippen molar-refractivity contribution in [1.82, 2.24) is 0 Å². The SMILES string of the molecule is CC(OC(=O)CC1C=CS(=O)(=O)C1)C(=O)Nc1cccc(Cl)c1Cl. The number of benzene rings is 1. The molecule has 0 fully saturated rings. The summed E-state index contributed by atoms with van der Waals surface area (Å²) in [5, 5.41) is 4.08. The highest BCUT2D eigenvalue weighted by Gasteiger charge is 2.26. The van der Waals surface area contributed by atoms with E-state index in [1.807, 2.05) is 0 Å². The Balaban J connectivity index is 1.88. The van der Waals surface area contributed by atoms with Gasteiger partial charge in [0.2, 0.25) is 0 Å². The second-order valence-corrected chi connectivity index (χ2v) is 8.06. The van der Waals surface area contributed by atoms with Crippen molar-refractivity contribution in [2.75, 3.05) is 11.1 Å². The number of carbonyl (C=O) groups is 2. The van der Waals surface area contributed by atoms with Gasteiger partial charge in [0.1, 0.15) is 0 Å². The smallest absolute Gasteiger partial charge is 0.307 e. The number of carbonyl (C=O) groups excluding carboxylic acids is 2. The van der Waals surface area contributed by atoms with Crippen molar-refractivity contribution >= 4 is 50.6 Å². The summed E-state index contributed by atoms with van der Waals surface area (Å²) >= 11 is 11.8. The standard InChI is InChI=1S/C15H15Cl2NO5S/c1-9(15(20)18-12-4-2-3-11(16)14(12)17)23-13(19)7-10-5-6-24(21,22)8-10/h2-6,9-10H,7-8H2,1H3,(H,18,20). The van der Waals surface area contributed by atoms with Gasteiger partial charge < -0.3 is 10.1 Å². The maximum atomic E-state index is 12.1. The largest absolute Gasteiger partial charge is 0.453 e. The monoisotopic (exact) mass is 391 g/mol. The van der Waals surface area contributed by atoms with Crippen LogP contribution in [0, 0.1) is 5.92 Å². The minimum absolute atomic E-state index is 0.106. The summed E-state index contributed by atoms with van der Waals surface area (Å²) in [7, 11) is -3.23.